The van der Waals surface area contributed by atoms with Crippen LogP contribution < -0.4 is 5.32 Å². The smallest absolute Gasteiger partial charge is 0.00462 e. The van der Waals surface area contributed by atoms with Crippen molar-refractivity contribution in [2.45, 2.75) is 25.7 Å². The maximum Gasteiger partial charge on any atom is -0.00462 e. The topological polar surface area (TPSA) is 12.0 Å². The lowest BCUT2D eigenvalue weighted by atomic mass is 10.1. The van der Waals surface area contributed by atoms with Gasteiger partial charge in [0.25, 0.3) is 0 Å². The molecule has 0 aromatic carbocycles. The molecule has 1 heteroatoms. The summed E-state index contributed by atoms with van der Waals surface area (Å²) in [5.41, 5.74) is 0. The van der Waals surface area contributed by atoms with Crippen LogP contribution in [0.5, 0.6) is 0 Å². The first kappa shape index (κ1) is 5.72. The molecule has 0 aromatic rings. The van der Waals surface area contributed by atoms with Gasteiger partial charge in [-0.1, -0.05) is 0 Å². The van der Waals surface area contributed by atoms with Gasteiger partial charge in [-0.05, 0) is 50.6 Å². The second-order valence-corrected chi connectivity index (χ2v) is 3.44. The summed E-state index contributed by atoms with van der Waals surface area (Å²) < 4.78 is 0. The van der Waals surface area contributed by atoms with Gasteiger partial charge in [0, 0.05) is 0 Å². The molecule has 1 saturated heterocycles. The molecule has 1 N–H and O–H groups in total. The van der Waals surface area contributed by atoms with E-state index in [-0.39, 0.29) is 0 Å². The average Bonchev–Trinajstić information content (AvgIpc) is 2.46. The van der Waals surface area contributed by atoms with Crippen LogP contribution in [0.2, 0.25) is 0 Å². The highest BCUT2D eigenvalue weighted by Crippen LogP contribution is 2.44. The first-order valence-electron chi connectivity index (χ1n) is 4.17. The first-order valence-corrected chi connectivity index (χ1v) is 4.17. The van der Waals surface area contributed by atoms with Crippen LogP contribution in [0.25, 0.3) is 0 Å². The Balaban J connectivity index is 1.81. The Hall–Kier alpha value is -0.0400. The van der Waals surface area contributed by atoms with Crippen molar-refractivity contribution < 1.29 is 0 Å². The van der Waals surface area contributed by atoms with Crippen LogP contribution in [0.3, 0.4) is 0 Å². The zero-order chi connectivity index (χ0) is 6.10. The number of rotatable bonds is 0. The van der Waals surface area contributed by atoms with Crippen LogP contribution >= 0.6 is 0 Å². The number of hydrogen-bond donors (Lipinski definition) is 1. The Kier molecular flexibility index (Phi) is 1.46. The van der Waals surface area contributed by atoms with Gasteiger partial charge in [0.2, 0.25) is 0 Å². The molecular weight excluding hydrogens is 110 g/mol. The van der Waals surface area contributed by atoms with E-state index in [1.54, 1.807) is 6.42 Å². The quantitative estimate of drug-likeness (QED) is 0.516. The monoisotopic (exact) mass is 125 g/mol. The van der Waals surface area contributed by atoms with E-state index in [2.05, 4.69) is 5.32 Å². The number of hydrogen-bond acceptors (Lipinski definition) is 1. The van der Waals surface area contributed by atoms with Crippen molar-refractivity contribution >= 4 is 0 Å². The van der Waals surface area contributed by atoms with Gasteiger partial charge < -0.3 is 5.32 Å². The second-order valence-electron chi connectivity index (χ2n) is 3.44. The van der Waals surface area contributed by atoms with E-state index in [1.807, 2.05) is 0 Å². The van der Waals surface area contributed by atoms with Gasteiger partial charge in [-0.25, -0.2) is 0 Å². The Bertz CT molecular complexity index is 88.7. The van der Waals surface area contributed by atoms with Crippen LogP contribution in [0.4, 0.5) is 0 Å². The molecule has 2 fully saturated rings. The Labute approximate surface area is 56.8 Å². The van der Waals surface area contributed by atoms with Gasteiger partial charge in [-0.15, -0.1) is 0 Å². The van der Waals surface area contributed by atoms with Gasteiger partial charge in [0.05, 0.1) is 0 Å². The van der Waals surface area contributed by atoms with Crippen molar-refractivity contribution in [1.29, 1.82) is 0 Å². The third kappa shape index (κ3) is 1.26. The molecule has 0 aromatic heterocycles. The molecule has 2 rings (SSSR count). The van der Waals surface area contributed by atoms with E-state index >= 15 is 0 Å². The van der Waals surface area contributed by atoms with Crippen molar-refractivity contribution in [3.05, 3.63) is 0 Å². The fraction of sp³-hybridized carbons (Fsp3) is 1.00. The maximum absolute atomic E-state index is 3.44. The fourth-order valence-electron chi connectivity index (χ4n) is 1.92. The van der Waals surface area contributed by atoms with Gasteiger partial charge in [-0.2, -0.15) is 0 Å². The summed E-state index contributed by atoms with van der Waals surface area (Å²) in [5.74, 6) is 2.27. The van der Waals surface area contributed by atoms with E-state index < -0.39 is 0 Å². The lowest BCUT2D eigenvalue weighted by Gasteiger charge is -2.07. The highest BCUT2D eigenvalue weighted by molar-refractivity contribution is 4.87. The van der Waals surface area contributed by atoms with Crippen molar-refractivity contribution in [3.63, 3.8) is 0 Å². The molecule has 2 atom stereocenters. The highest BCUT2D eigenvalue weighted by atomic mass is 14.9. The summed E-state index contributed by atoms with van der Waals surface area (Å²) in [6, 6.07) is 0. The van der Waals surface area contributed by atoms with Gasteiger partial charge in [0.15, 0.2) is 0 Å². The minimum Gasteiger partial charge on any atom is -0.317 e. The summed E-state index contributed by atoms with van der Waals surface area (Å²) in [7, 11) is 0. The van der Waals surface area contributed by atoms with E-state index in [0.717, 1.165) is 11.8 Å². The third-order valence-electron chi connectivity index (χ3n) is 2.69. The molecule has 1 aliphatic heterocycles. The average molecular weight is 125 g/mol. The molecule has 9 heavy (non-hydrogen) atoms. The van der Waals surface area contributed by atoms with Crippen LogP contribution in [0.15, 0.2) is 0 Å². The molecule has 0 bridgehead atoms. The largest absolute Gasteiger partial charge is 0.317 e. The van der Waals surface area contributed by atoms with Crippen LogP contribution in [-0.2, 0) is 0 Å². The summed E-state index contributed by atoms with van der Waals surface area (Å²) in [6.07, 6.45) is 5.91. The molecule has 0 spiro atoms. The summed E-state index contributed by atoms with van der Waals surface area (Å²) in [5, 5.41) is 3.44. The minimum atomic E-state index is 1.12. The summed E-state index contributed by atoms with van der Waals surface area (Å²) >= 11 is 0. The minimum absolute atomic E-state index is 1.12. The van der Waals surface area contributed by atoms with Crippen molar-refractivity contribution in [3.8, 4) is 0 Å². The van der Waals surface area contributed by atoms with Crippen molar-refractivity contribution in [1.82, 2.24) is 5.32 Å². The fourth-order valence-corrected chi connectivity index (χ4v) is 1.92. The van der Waals surface area contributed by atoms with E-state index in [1.165, 1.54) is 32.4 Å². The zero-order valence-electron chi connectivity index (χ0n) is 5.90. The molecule has 1 heterocycles. The summed E-state index contributed by atoms with van der Waals surface area (Å²) in [4.78, 5) is 0. The molecule has 2 aliphatic rings. The SMILES string of the molecule is C1CNCCC2CC2C1. The van der Waals surface area contributed by atoms with Gasteiger partial charge >= 0.3 is 0 Å². The van der Waals surface area contributed by atoms with Crippen molar-refractivity contribution in [2.24, 2.45) is 11.8 Å². The second kappa shape index (κ2) is 2.30. The third-order valence-corrected chi connectivity index (χ3v) is 2.69. The predicted octanol–water partition coefficient (Wildman–Crippen LogP) is 1.40. The summed E-state index contributed by atoms with van der Waals surface area (Å²) in [6.45, 7) is 2.55. The lowest BCUT2D eigenvalue weighted by Crippen LogP contribution is -2.19. The zero-order valence-corrected chi connectivity index (χ0v) is 5.90. The molecule has 1 saturated carbocycles. The normalized spacial score (nSPS) is 42.7. The maximum atomic E-state index is 3.44. The molecule has 1 nitrogen and oxygen atoms in total. The number of fused-ring (bicyclic) bond motifs is 1. The van der Waals surface area contributed by atoms with Gasteiger partial charge in [-0.3, -0.25) is 0 Å². The first-order chi connectivity index (χ1) is 4.47. The van der Waals surface area contributed by atoms with E-state index in [4.69, 9.17) is 0 Å². The highest BCUT2D eigenvalue weighted by Gasteiger charge is 2.35. The van der Waals surface area contributed by atoms with Crippen LogP contribution in [0.1, 0.15) is 25.7 Å². The molecule has 0 amide bonds. The Morgan fingerprint density at radius 2 is 1.89 bits per heavy atom. The molecule has 52 valence electrons. The van der Waals surface area contributed by atoms with Crippen molar-refractivity contribution in [2.75, 3.05) is 13.1 Å². The molecule has 2 unspecified atom stereocenters. The van der Waals surface area contributed by atoms with Crippen LogP contribution in [0, 0.1) is 11.8 Å². The molecule has 0 radical (unpaired) electrons. The lowest BCUT2D eigenvalue weighted by molar-refractivity contribution is 0.497. The van der Waals surface area contributed by atoms with Gasteiger partial charge in [0.1, 0.15) is 0 Å². The Morgan fingerprint density at radius 3 is 2.89 bits per heavy atom. The Morgan fingerprint density at radius 1 is 1.00 bits per heavy atom. The molecule has 1 aliphatic carbocycles. The predicted molar refractivity (Wildman–Crippen MR) is 38.3 cm³/mol. The van der Waals surface area contributed by atoms with E-state index in [9.17, 15) is 0 Å². The van der Waals surface area contributed by atoms with E-state index in [0.29, 0.717) is 0 Å². The molecular formula is C8H15N. The number of nitrogens with one attached hydrogen (secondary N) is 1. The standard InChI is InChI=1S/C8H15N/c1-2-7-6-8(7)3-5-9-4-1/h7-9H,1-6H2. The van der Waals surface area contributed by atoms with Crippen LogP contribution in [-0.4, -0.2) is 13.1 Å².